The average Bonchev–Trinajstić information content (AvgIpc) is 2.47. The lowest BCUT2D eigenvalue weighted by molar-refractivity contribution is 0.0315. The van der Waals surface area contributed by atoms with Gasteiger partial charge in [-0.2, -0.15) is 0 Å². The molecule has 21 heavy (non-hydrogen) atoms. The topological polar surface area (TPSA) is 39.6 Å². The van der Waals surface area contributed by atoms with Gasteiger partial charge in [-0.25, -0.2) is 4.98 Å². The van der Waals surface area contributed by atoms with E-state index in [9.17, 15) is 5.11 Å². The van der Waals surface area contributed by atoms with Crippen molar-refractivity contribution in [1.29, 1.82) is 0 Å². The van der Waals surface area contributed by atoms with Crippen LogP contribution in [0.1, 0.15) is 33.6 Å². The molecule has 1 fully saturated rings. The van der Waals surface area contributed by atoms with Crippen LogP contribution in [-0.2, 0) is 0 Å². The van der Waals surface area contributed by atoms with E-state index in [0.717, 1.165) is 44.5 Å². The van der Waals surface area contributed by atoms with Crippen LogP contribution in [-0.4, -0.2) is 53.3 Å². The van der Waals surface area contributed by atoms with Gasteiger partial charge in [0.2, 0.25) is 0 Å². The maximum Gasteiger partial charge on any atom is 0.128 e. The zero-order chi connectivity index (χ0) is 15.3. The number of pyridine rings is 1. The summed E-state index contributed by atoms with van der Waals surface area (Å²) >= 11 is 0. The molecule has 1 aliphatic heterocycles. The predicted octanol–water partition coefficient (Wildman–Crippen LogP) is 2.39. The Morgan fingerprint density at radius 2 is 2.05 bits per heavy atom. The van der Waals surface area contributed by atoms with Crippen molar-refractivity contribution < 1.29 is 5.11 Å². The van der Waals surface area contributed by atoms with Gasteiger partial charge in [-0.1, -0.05) is 13.0 Å². The van der Waals surface area contributed by atoms with Crippen LogP contribution in [0.3, 0.4) is 0 Å². The van der Waals surface area contributed by atoms with Crippen molar-refractivity contribution in [2.75, 3.05) is 37.6 Å². The zero-order valence-electron chi connectivity index (χ0n) is 13.6. The fraction of sp³-hybridized carbons (Fsp3) is 0.706. The van der Waals surface area contributed by atoms with Crippen molar-refractivity contribution in [2.24, 2.45) is 5.92 Å². The highest BCUT2D eigenvalue weighted by Gasteiger charge is 2.24. The molecule has 1 aromatic heterocycles. The van der Waals surface area contributed by atoms with Gasteiger partial charge >= 0.3 is 0 Å². The molecule has 2 heterocycles. The molecule has 2 rings (SSSR count). The Bertz CT molecular complexity index is 408. The van der Waals surface area contributed by atoms with E-state index in [-0.39, 0.29) is 0 Å². The normalized spacial score (nSPS) is 17.5. The Morgan fingerprint density at radius 1 is 1.33 bits per heavy atom. The van der Waals surface area contributed by atoms with Crippen LogP contribution in [0.2, 0.25) is 0 Å². The number of rotatable bonds is 6. The number of hydrogen-bond acceptors (Lipinski definition) is 4. The van der Waals surface area contributed by atoms with Crippen molar-refractivity contribution in [3.05, 3.63) is 24.4 Å². The minimum atomic E-state index is -0.606. The predicted molar refractivity (Wildman–Crippen MR) is 87.6 cm³/mol. The Hall–Kier alpha value is -1.13. The maximum atomic E-state index is 9.98. The molecular weight excluding hydrogens is 262 g/mol. The number of nitrogens with zero attached hydrogens (tertiary/aromatic N) is 3. The van der Waals surface area contributed by atoms with E-state index in [1.165, 1.54) is 12.8 Å². The highest BCUT2D eigenvalue weighted by Crippen LogP contribution is 2.22. The lowest BCUT2D eigenvalue weighted by atomic mass is 9.95. The number of likely N-dealkylation sites (N-methyl/N-ethyl adjacent to an activating group) is 1. The van der Waals surface area contributed by atoms with Gasteiger partial charge in [-0.05, 0) is 51.3 Å². The molecule has 118 valence electrons. The zero-order valence-corrected chi connectivity index (χ0v) is 13.6. The molecule has 4 nitrogen and oxygen atoms in total. The number of aliphatic hydroxyl groups is 1. The number of piperidine rings is 1. The van der Waals surface area contributed by atoms with Crippen molar-refractivity contribution >= 4 is 5.82 Å². The van der Waals surface area contributed by atoms with E-state index in [1.807, 2.05) is 26.1 Å². The summed E-state index contributed by atoms with van der Waals surface area (Å²) in [6.45, 7) is 11.0. The summed E-state index contributed by atoms with van der Waals surface area (Å²) in [5, 5.41) is 9.98. The van der Waals surface area contributed by atoms with E-state index in [0.29, 0.717) is 0 Å². The summed E-state index contributed by atoms with van der Waals surface area (Å²) in [6.07, 6.45) is 4.28. The van der Waals surface area contributed by atoms with Crippen LogP contribution >= 0.6 is 0 Å². The Balaban J connectivity index is 1.81. The molecule has 1 aromatic rings. The lowest BCUT2D eigenvalue weighted by Gasteiger charge is -2.36. The third kappa shape index (κ3) is 5.29. The third-order valence-electron chi connectivity index (χ3n) is 4.16. The number of aromatic nitrogens is 1. The second-order valence-corrected chi connectivity index (χ2v) is 6.76. The molecule has 1 aliphatic rings. The van der Waals surface area contributed by atoms with Crippen LogP contribution < -0.4 is 4.90 Å². The van der Waals surface area contributed by atoms with Gasteiger partial charge in [0.05, 0.1) is 5.60 Å². The molecule has 0 bridgehead atoms. The summed E-state index contributed by atoms with van der Waals surface area (Å²) in [7, 11) is 0. The van der Waals surface area contributed by atoms with Crippen LogP contribution in [0.15, 0.2) is 24.4 Å². The molecule has 0 aliphatic carbocycles. The van der Waals surface area contributed by atoms with Crippen LogP contribution in [0.25, 0.3) is 0 Å². The van der Waals surface area contributed by atoms with Gasteiger partial charge in [0.1, 0.15) is 5.82 Å². The Morgan fingerprint density at radius 3 is 2.57 bits per heavy atom. The molecule has 0 unspecified atom stereocenters. The van der Waals surface area contributed by atoms with Crippen molar-refractivity contribution in [2.45, 2.75) is 39.2 Å². The summed E-state index contributed by atoms with van der Waals surface area (Å²) in [4.78, 5) is 9.19. The maximum absolute atomic E-state index is 9.98. The van der Waals surface area contributed by atoms with Crippen molar-refractivity contribution in [3.63, 3.8) is 0 Å². The Kier molecular flexibility index (Phi) is 5.59. The quantitative estimate of drug-likeness (QED) is 0.873. The molecule has 1 N–H and O–H groups in total. The first-order chi connectivity index (χ1) is 9.98. The summed E-state index contributed by atoms with van der Waals surface area (Å²) in [5.74, 6) is 1.83. The van der Waals surface area contributed by atoms with Gasteiger partial charge in [-0.15, -0.1) is 0 Å². The first-order valence-electron chi connectivity index (χ1n) is 8.08. The summed E-state index contributed by atoms with van der Waals surface area (Å²) < 4.78 is 0. The second kappa shape index (κ2) is 7.23. The van der Waals surface area contributed by atoms with Gasteiger partial charge in [0, 0.05) is 32.4 Å². The SMILES string of the molecule is CCN(CC1CCN(c2ccccn2)CC1)CC(C)(C)O. The van der Waals surface area contributed by atoms with Crippen LogP contribution in [0, 0.1) is 5.92 Å². The Labute approximate surface area is 128 Å². The minimum absolute atomic E-state index is 0.606. The molecule has 0 atom stereocenters. The van der Waals surface area contributed by atoms with E-state index < -0.39 is 5.60 Å². The molecule has 0 radical (unpaired) electrons. The highest BCUT2D eigenvalue weighted by atomic mass is 16.3. The van der Waals surface area contributed by atoms with Crippen molar-refractivity contribution in [3.8, 4) is 0 Å². The van der Waals surface area contributed by atoms with Gasteiger partial charge in [-0.3, -0.25) is 0 Å². The molecule has 0 amide bonds. The van der Waals surface area contributed by atoms with E-state index in [1.54, 1.807) is 0 Å². The first kappa shape index (κ1) is 16.2. The molecular formula is C17H29N3O. The van der Waals surface area contributed by atoms with Crippen LogP contribution in [0.5, 0.6) is 0 Å². The summed E-state index contributed by atoms with van der Waals surface area (Å²) in [6, 6.07) is 6.11. The standard InChI is InChI=1S/C17H29N3O/c1-4-19(14-17(2,3)21)13-15-8-11-20(12-9-15)16-7-5-6-10-18-16/h5-7,10,15,21H,4,8-9,11-14H2,1-3H3. The monoisotopic (exact) mass is 291 g/mol. The highest BCUT2D eigenvalue weighted by molar-refractivity contribution is 5.37. The molecule has 0 aromatic carbocycles. The van der Waals surface area contributed by atoms with E-state index in [2.05, 4.69) is 33.8 Å². The molecule has 0 saturated carbocycles. The molecule has 1 saturated heterocycles. The van der Waals surface area contributed by atoms with E-state index >= 15 is 0 Å². The lowest BCUT2D eigenvalue weighted by Crippen LogP contribution is -2.43. The number of anilines is 1. The van der Waals surface area contributed by atoms with Gasteiger partial charge in [0.25, 0.3) is 0 Å². The molecule has 0 spiro atoms. The van der Waals surface area contributed by atoms with Gasteiger partial charge in [0.15, 0.2) is 0 Å². The minimum Gasteiger partial charge on any atom is -0.389 e. The largest absolute Gasteiger partial charge is 0.389 e. The molecule has 4 heteroatoms. The number of hydrogen-bond donors (Lipinski definition) is 1. The van der Waals surface area contributed by atoms with E-state index in [4.69, 9.17) is 0 Å². The first-order valence-corrected chi connectivity index (χ1v) is 8.08. The van der Waals surface area contributed by atoms with Gasteiger partial charge < -0.3 is 14.9 Å². The van der Waals surface area contributed by atoms with Crippen molar-refractivity contribution in [1.82, 2.24) is 9.88 Å². The fourth-order valence-corrected chi connectivity index (χ4v) is 3.10. The smallest absolute Gasteiger partial charge is 0.128 e. The summed E-state index contributed by atoms with van der Waals surface area (Å²) in [5.41, 5.74) is -0.606. The van der Waals surface area contributed by atoms with Crippen LogP contribution in [0.4, 0.5) is 5.82 Å². The second-order valence-electron chi connectivity index (χ2n) is 6.76. The average molecular weight is 291 g/mol. The fourth-order valence-electron chi connectivity index (χ4n) is 3.10. The third-order valence-corrected chi connectivity index (χ3v) is 4.16.